The molecule has 1 fully saturated rings. The highest BCUT2D eigenvalue weighted by Crippen LogP contribution is 2.38. The van der Waals surface area contributed by atoms with E-state index in [1.54, 1.807) is 24.3 Å². The van der Waals surface area contributed by atoms with Crippen LogP contribution < -0.4 is 0 Å². The molecule has 2 aromatic carbocycles. The van der Waals surface area contributed by atoms with Crippen molar-refractivity contribution in [2.45, 2.75) is 43.9 Å². The first kappa shape index (κ1) is 14.0. The highest BCUT2D eigenvalue weighted by molar-refractivity contribution is 5.30. The summed E-state index contributed by atoms with van der Waals surface area (Å²) in [5.41, 5.74) is 2.69. The Hall–Kier alpha value is -1.96. The van der Waals surface area contributed by atoms with Gasteiger partial charge in [0.05, 0.1) is 0 Å². The van der Waals surface area contributed by atoms with Gasteiger partial charge >= 0.3 is 0 Å². The van der Waals surface area contributed by atoms with Crippen molar-refractivity contribution in [3.05, 3.63) is 59.7 Å². The molecule has 0 spiro atoms. The van der Waals surface area contributed by atoms with Gasteiger partial charge in [-0.3, -0.25) is 0 Å². The van der Waals surface area contributed by atoms with Gasteiger partial charge in [-0.15, -0.1) is 0 Å². The van der Waals surface area contributed by atoms with E-state index in [0.29, 0.717) is 23.3 Å². The molecule has 2 N–H and O–H groups in total. The predicted octanol–water partition coefficient (Wildman–Crippen LogP) is 4.93. The fourth-order valence-corrected chi connectivity index (χ4v) is 3.46. The van der Waals surface area contributed by atoms with Crippen molar-refractivity contribution in [2.75, 3.05) is 0 Å². The Bertz CT molecular complexity index is 518. The zero-order valence-corrected chi connectivity index (χ0v) is 12.2. The van der Waals surface area contributed by atoms with Crippen molar-refractivity contribution in [3.8, 4) is 11.5 Å². The molecule has 2 atom stereocenters. The molecule has 2 nitrogen and oxygen atoms in total. The highest BCUT2D eigenvalue weighted by Gasteiger charge is 2.21. The summed E-state index contributed by atoms with van der Waals surface area (Å²) in [6.07, 6.45) is 6.06. The van der Waals surface area contributed by atoms with Gasteiger partial charge in [0.25, 0.3) is 0 Å². The molecule has 0 amide bonds. The van der Waals surface area contributed by atoms with Crippen LogP contribution in [0.2, 0.25) is 0 Å². The van der Waals surface area contributed by atoms with Crippen molar-refractivity contribution in [1.82, 2.24) is 0 Å². The molecule has 21 heavy (non-hydrogen) atoms. The van der Waals surface area contributed by atoms with Crippen LogP contribution in [-0.2, 0) is 0 Å². The number of phenolic OH excluding ortho intramolecular Hbond substituents is 2. The Morgan fingerprint density at radius 2 is 0.952 bits per heavy atom. The van der Waals surface area contributed by atoms with E-state index in [1.807, 2.05) is 0 Å². The number of aromatic hydroxyl groups is 2. The van der Waals surface area contributed by atoms with Gasteiger partial charge in [-0.2, -0.15) is 0 Å². The highest BCUT2D eigenvalue weighted by atomic mass is 16.3. The molecule has 0 bridgehead atoms. The molecule has 2 aromatic rings. The fourth-order valence-electron chi connectivity index (χ4n) is 3.46. The Balaban J connectivity index is 1.69. The topological polar surface area (TPSA) is 40.5 Å². The summed E-state index contributed by atoms with van der Waals surface area (Å²) >= 11 is 0. The van der Waals surface area contributed by atoms with E-state index in [0.717, 1.165) is 0 Å². The van der Waals surface area contributed by atoms with E-state index in [1.165, 1.54) is 43.2 Å². The van der Waals surface area contributed by atoms with Crippen molar-refractivity contribution < 1.29 is 10.2 Å². The average molecular weight is 282 g/mol. The first-order valence-corrected chi connectivity index (χ1v) is 7.80. The Morgan fingerprint density at radius 1 is 0.571 bits per heavy atom. The van der Waals surface area contributed by atoms with Crippen molar-refractivity contribution in [3.63, 3.8) is 0 Å². The monoisotopic (exact) mass is 282 g/mol. The van der Waals surface area contributed by atoms with Crippen molar-refractivity contribution >= 4 is 0 Å². The van der Waals surface area contributed by atoms with E-state index < -0.39 is 0 Å². The standard InChI is InChI=1S/C19H22O2/c20-18-10-6-16(7-11-18)14-2-1-3-15(5-4-14)17-8-12-19(21)13-9-17/h6-15,20-21H,1-5H2. The smallest absolute Gasteiger partial charge is 0.115 e. The van der Waals surface area contributed by atoms with E-state index in [-0.39, 0.29) is 0 Å². The molecule has 0 radical (unpaired) electrons. The maximum Gasteiger partial charge on any atom is 0.115 e. The normalized spacial score (nSPS) is 22.7. The quantitative estimate of drug-likeness (QED) is 0.767. The van der Waals surface area contributed by atoms with Crippen LogP contribution in [0, 0.1) is 0 Å². The molecule has 0 aliphatic heterocycles. The second-order valence-electron chi connectivity index (χ2n) is 6.09. The van der Waals surface area contributed by atoms with Crippen LogP contribution in [0.4, 0.5) is 0 Å². The summed E-state index contributed by atoms with van der Waals surface area (Å²) in [7, 11) is 0. The van der Waals surface area contributed by atoms with Crippen LogP contribution in [0.25, 0.3) is 0 Å². The van der Waals surface area contributed by atoms with Crippen LogP contribution >= 0.6 is 0 Å². The largest absolute Gasteiger partial charge is 0.508 e. The summed E-state index contributed by atoms with van der Waals surface area (Å²) in [5, 5.41) is 18.8. The molecular weight excluding hydrogens is 260 g/mol. The molecule has 0 saturated heterocycles. The second kappa shape index (κ2) is 6.21. The maximum absolute atomic E-state index is 9.40. The van der Waals surface area contributed by atoms with Crippen LogP contribution in [-0.4, -0.2) is 10.2 Å². The lowest BCUT2D eigenvalue weighted by molar-refractivity contribution is 0.473. The fraction of sp³-hybridized carbons (Fsp3) is 0.368. The van der Waals surface area contributed by atoms with Crippen molar-refractivity contribution in [2.24, 2.45) is 0 Å². The molecule has 0 aromatic heterocycles. The molecule has 1 saturated carbocycles. The van der Waals surface area contributed by atoms with Gasteiger partial charge in [0, 0.05) is 0 Å². The van der Waals surface area contributed by atoms with Gasteiger partial charge < -0.3 is 10.2 Å². The van der Waals surface area contributed by atoms with E-state index >= 15 is 0 Å². The van der Waals surface area contributed by atoms with Gasteiger partial charge in [-0.1, -0.05) is 30.7 Å². The van der Waals surface area contributed by atoms with E-state index in [9.17, 15) is 10.2 Å². The van der Waals surface area contributed by atoms with Crippen molar-refractivity contribution in [1.29, 1.82) is 0 Å². The van der Waals surface area contributed by atoms with Crippen LogP contribution in [0.15, 0.2) is 48.5 Å². The molecule has 1 aliphatic carbocycles. The lowest BCUT2D eigenvalue weighted by Crippen LogP contribution is -1.98. The molecular formula is C19H22O2. The first-order valence-electron chi connectivity index (χ1n) is 7.80. The minimum Gasteiger partial charge on any atom is -0.508 e. The lowest BCUT2D eigenvalue weighted by atomic mass is 9.89. The summed E-state index contributed by atoms with van der Waals surface area (Å²) in [6.45, 7) is 0. The number of rotatable bonds is 2. The summed E-state index contributed by atoms with van der Waals surface area (Å²) in [4.78, 5) is 0. The number of hydrogen-bond donors (Lipinski definition) is 2. The molecule has 2 heteroatoms. The third kappa shape index (κ3) is 3.38. The first-order chi connectivity index (χ1) is 10.2. The summed E-state index contributed by atoms with van der Waals surface area (Å²) in [6, 6.07) is 15.4. The van der Waals surface area contributed by atoms with Gasteiger partial charge in [0.15, 0.2) is 0 Å². The second-order valence-corrected chi connectivity index (χ2v) is 6.09. The molecule has 110 valence electrons. The van der Waals surface area contributed by atoms with Gasteiger partial charge in [-0.05, 0) is 72.9 Å². The molecule has 1 aliphatic rings. The average Bonchev–Trinajstić information content (AvgIpc) is 2.75. The Kier molecular flexibility index (Phi) is 4.14. The van der Waals surface area contributed by atoms with Crippen LogP contribution in [0.3, 0.4) is 0 Å². The minimum absolute atomic E-state index is 0.342. The lowest BCUT2D eigenvalue weighted by Gasteiger charge is -2.16. The Labute approximate surface area is 126 Å². The third-order valence-corrected chi connectivity index (χ3v) is 4.70. The SMILES string of the molecule is Oc1ccc(C2CCCC(c3ccc(O)cc3)CC2)cc1. The molecule has 0 heterocycles. The zero-order valence-electron chi connectivity index (χ0n) is 12.2. The number of phenols is 2. The predicted molar refractivity (Wildman–Crippen MR) is 84.8 cm³/mol. The van der Waals surface area contributed by atoms with Gasteiger partial charge in [0.2, 0.25) is 0 Å². The number of benzene rings is 2. The Morgan fingerprint density at radius 3 is 1.33 bits per heavy atom. The maximum atomic E-state index is 9.40. The van der Waals surface area contributed by atoms with Gasteiger partial charge in [0.1, 0.15) is 11.5 Å². The van der Waals surface area contributed by atoms with Crippen LogP contribution in [0.1, 0.15) is 55.1 Å². The summed E-state index contributed by atoms with van der Waals surface area (Å²) in [5.74, 6) is 1.89. The van der Waals surface area contributed by atoms with Crippen LogP contribution in [0.5, 0.6) is 11.5 Å². The van der Waals surface area contributed by atoms with E-state index in [4.69, 9.17) is 0 Å². The van der Waals surface area contributed by atoms with E-state index in [2.05, 4.69) is 24.3 Å². The third-order valence-electron chi connectivity index (χ3n) is 4.70. The zero-order chi connectivity index (χ0) is 14.7. The minimum atomic E-state index is 0.342. The summed E-state index contributed by atoms with van der Waals surface area (Å²) < 4.78 is 0. The number of hydrogen-bond acceptors (Lipinski definition) is 2. The molecule has 2 unspecified atom stereocenters. The van der Waals surface area contributed by atoms with Gasteiger partial charge in [-0.25, -0.2) is 0 Å². The molecule has 3 rings (SSSR count).